The van der Waals surface area contributed by atoms with E-state index in [1.165, 1.54) is 25.5 Å². The van der Waals surface area contributed by atoms with Gasteiger partial charge in [-0.25, -0.2) is 0 Å². The molecule has 2 aromatic carbocycles. The van der Waals surface area contributed by atoms with Gasteiger partial charge in [0.25, 0.3) is 0 Å². The van der Waals surface area contributed by atoms with E-state index >= 15 is 0 Å². The molecule has 0 aliphatic rings. The topological polar surface area (TPSA) is 0 Å². The van der Waals surface area contributed by atoms with Gasteiger partial charge in [-0.1, -0.05) is 44.5 Å². The van der Waals surface area contributed by atoms with Crippen molar-refractivity contribution in [3.05, 3.63) is 45.0 Å². The molecule has 0 amide bonds. The van der Waals surface area contributed by atoms with Crippen molar-refractivity contribution in [3.63, 3.8) is 0 Å². The zero-order chi connectivity index (χ0) is 11.9. The largest absolute Gasteiger partial charge is 0.0587 e. The van der Waals surface area contributed by atoms with Crippen LogP contribution in [0.25, 0.3) is 10.8 Å². The maximum absolute atomic E-state index is 2.40. The Morgan fingerprint density at radius 3 is 2.31 bits per heavy atom. The van der Waals surface area contributed by atoms with Crippen molar-refractivity contribution in [1.82, 2.24) is 0 Å². The third-order valence-corrected chi connectivity index (χ3v) is 3.51. The molecular formula is C15H17I. The van der Waals surface area contributed by atoms with Gasteiger partial charge in [0.2, 0.25) is 0 Å². The minimum absolute atomic E-state index is 0.202. The Balaban J connectivity index is 2.85. The highest BCUT2D eigenvalue weighted by Gasteiger charge is 2.17. The smallest absolute Gasteiger partial charge is 0.0139 e. The van der Waals surface area contributed by atoms with E-state index in [0.29, 0.717) is 0 Å². The van der Waals surface area contributed by atoms with Crippen LogP contribution in [0.4, 0.5) is 0 Å². The molecule has 84 valence electrons. The number of aryl methyl sites for hydroxylation is 1. The highest BCUT2D eigenvalue weighted by molar-refractivity contribution is 14.1. The molecule has 0 atom stereocenters. The molecule has 0 bridgehead atoms. The molecule has 0 spiro atoms. The van der Waals surface area contributed by atoms with Gasteiger partial charge in [-0.2, -0.15) is 0 Å². The van der Waals surface area contributed by atoms with Crippen LogP contribution < -0.4 is 0 Å². The fourth-order valence-electron chi connectivity index (χ4n) is 2.06. The lowest BCUT2D eigenvalue weighted by Gasteiger charge is -2.22. The fourth-order valence-corrected chi connectivity index (χ4v) is 2.70. The summed E-state index contributed by atoms with van der Waals surface area (Å²) < 4.78 is 1.32. The van der Waals surface area contributed by atoms with Crippen molar-refractivity contribution in [2.45, 2.75) is 33.1 Å². The first kappa shape index (κ1) is 11.9. The normalized spacial score (nSPS) is 12.1. The second-order valence-electron chi connectivity index (χ2n) is 5.43. The number of rotatable bonds is 0. The minimum atomic E-state index is 0.202. The zero-order valence-corrected chi connectivity index (χ0v) is 12.4. The van der Waals surface area contributed by atoms with Crippen molar-refractivity contribution in [2.75, 3.05) is 0 Å². The maximum Gasteiger partial charge on any atom is 0.0139 e. The first-order valence-corrected chi connectivity index (χ1v) is 6.66. The number of halogens is 1. The highest BCUT2D eigenvalue weighted by atomic mass is 127. The third-order valence-electron chi connectivity index (χ3n) is 2.88. The first-order chi connectivity index (χ1) is 7.38. The van der Waals surface area contributed by atoms with E-state index in [-0.39, 0.29) is 5.41 Å². The zero-order valence-electron chi connectivity index (χ0n) is 10.3. The lowest BCUT2D eigenvalue weighted by molar-refractivity contribution is 0.595. The Labute approximate surface area is 111 Å². The second-order valence-corrected chi connectivity index (χ2v) is 6.67. The molecule has 0 saturated heterocycles. The summed E-state index contributed by atoms with van der Waals surface area (Å²) >= 11 is 2.40. The van der Waals surface area contributed by atoms with Gasteiger partial charge in [-0.05, 0) is 63.4 Å². The van der Waals surface area contributed by atoms with Crippen LogP contribution in [-0.4, -0.2) is 0 Å². The molecule has 16 heavy (non-hydrogen) atoms. The van der Waals surface area contributed by atoms with Gasteiger partial charge in [-0.15, -0.1) is 0 Å². The summed E-state index contributed by atoms with van der Waals surface area (Å²) in [5, 5.41) is 2.75. The molecule has 1 heteroatoms. The van der Waals surface area contributed by atoms with Gasteiger partial charge in [0.05, 0.1) is 0 Å². The summed E-state index contributed by atoms with van der Waals surface area (Å²) in [6, 6.07) is 11.3. The van der Waals surface area contributed by atoms with Crippen LogP contribution >= 0.6 is 22.6 Å². The molecule has 0 N–H and O–H groups in total. The van der Waals surface area contributed by atoms with Gasteiger partial charge in [-0.3, -0.25) is 0 Å². The average molecular weight is 324 g/mol. The molecule has 0 heterocycles. The summed E-state index contributed by atoms with van der Waals surface area (Å²) in [4.78, 5) is 0. The summed E-state index contributed by atoms with van der Waals surface area (Å²) in [6.07, 6.45) is 0. The number of hydrogen-bond acceptors (Lipinski definition) is 0. The number of hydrogen-bond donors (Lipinski definition) is 0. The van der Waals surface area contributed by atoms with Crippen molar-refractivity contribution in [2.24, 2.45) is 0 Å². The van der Waals surface area contributed by atoms with E-state index in [0.717, 1.165) is 0 Å². The molecule has 2 rings (SSSR count). The van der Waals surface area contributed by atoms with Crippen LogP contribution in [-0.2, 0) is 5.41 Å². The van der Waals surface area contributed by atoms with Crippen LogP contribution in [0, 0.1) is 10.5 Å². The van der Waals surface area contributed by atoms with Crippen molar-refractivity contribution < 1.29 is 0 Å². The van der Waals surface area contributed by atoms with E-state index in [4.69, 9.17) is 0 Å². The lowest BCUT2D eigenvalue weighted by atomic mass is 9.83. The third kappa shape index (κ3) is 2.24. The molecule has 0 fully saturated rings. The quantitative estimate of drug-likeness (QED) is 0.595. The monoisotopic (exact) mass is 324 g/mol. The molecule has 0 saturated carbocycles. The first-order valence-electron chi connectivity index (χ1n) is 5.58. The van der Waals surface area contributed by atoms with E-state index in [1.807, 2.05) is 0 Å². The van der Waals surface area contributed by atoms with Gasteiger partial charge in [0.15, 0.2) is 0 Å². The average Bonchev–Trinajstić information content (AvgIpc) is 2.16. The summed E-state index contributed by atoms with van der Waals surface area (Å²) in [5.74, 6) is 0. The van der Waals surface area contributed by atoms with Gasteiger partial charge in [0, 0.05) is 3.57 Å². The molecular weight excluding hydrogens is 307 g/mol. The molecule has 0 aliphatic heterocycles. The molecule has 0 aromatic heterocycles. The minimum Gasteiger partial charge on any atom is -0.0587 e. The maximum atomic E-state index is 2.40. The summed E-state index contributed by atoms with van der Waals surface area (Å²) in [5.41, 5.74) is 2.98. The standard InChI is InChI=1S/C15H17I/c1-10-5-6-11-8-12(16)9-14(13(11)7-10)15(2,3)4/h5-9H,1-4H3. The number of fused-ring (bicyclic) bond motifs is 1. The van der Waals surface area contributed by atoms with Crippen LogP contribution in [0.3, 0.4) is 0 Å². The Bertz CT molecular complexity index is 533. The van der Waals surface area contributed by atoms with Crippen LogP contribution in [0.2, 0.25) is 0 Å². The predicted molar refractivity (Wildman–Crippen MR) is 80.1 cm³/mol. The Hall–Kier alpha value is -0.570. The molecule has 0 aliphatic carbocycles. The van der Waals surface area contributed by atoms with E-state index < -0.39 is 0 Å². The number of benzene rings is 2. The van der Waals surface area contributed by atoms with Gasteiger partial charge < -0.3 is 0 Å². The highest BCUT2D eigenvalue weighted by Crippen LogP contribution is 2.32. The Morgan fingerprint density at radius 1 is 1.00 bits per heavy atom. The molecule has 2 aromatic rings. The fraction of sp³-hybridized carbons (Fsp3) is 0.333. The summed E-state index contributed by atoms with van der Waals surface area (Å²) in [7, 11) is 0. The lowest BCUT2D eigenvalue weighted by Crippen LogP contribution is -2.12. The van der Waals surface area contributed by atoms with E-state index in [9.17, 15) is 0 Å². The van der Waals surface area contributed by atoms with Crippen molar-refractivity contribution in [3.8, 4) is 0 Å². The van der Waals surface area contributed by atoms with Crippen molar-refractivity contribution >= 4 is 33.4 Å². The van der Waals surface area contributed by atoms with Crippen LogP contribution in [0.1, 0.15) is 31.9 Å². The van der Waals surface area contributed by atoms with E-state index in [1.54, 1.807) is 0 Å². The molecule has 0 radical (unpaired) electrons. The molecule has 0 unspecified atom stereocenters. The second kappa shape index (κ2) is 4.02. The van der Waals surface area contributed by atoms with E-state index in [2.05, 4.69) is 80.6 Å². The predicted octanol–water partition coefficient (Wildman–Crippen LogP) is 5.05. The van der Waals surface area contributed by atoms with Gasteiger partial charge >= 0.3 is 0 Å². The summed E-state index contributed by atoms with van der Waals surface area (Å²) in [6.45, 7) is 8.99. The SMILES string of the molecule is Cc1ccc2cc(I)cc(C(C)(C)C)c2c1. The van der Waals surface area contributed by atoms with Crippen LogP contribution in [0.15, 0.2) is 30.3 Å². The van der Waals surface area contributed by atoms with Crippen molar-refractivity contribution in [1.29, 1.82) is 0 Å². The van der Waals surface area contributed by atoms with Crippen LogP contribution in [0.5, 0.6) is 0 Å². The molecule has 0 nitrogen and oxygen atoms in total. The Kier molecular flexibility index (Phi) is 2.99. The Morgan fingerprint density at radius 2 is 1.69 bits per heavy atom. The van der Waals surface area contributed by atoms with Gasteiger partial charge in [0.1, 0.15) is 0 Å².